The van der Waals surface area contributed by atoms with Crippen molar-refractivity contribution in [1.29, 1.82) is 0 Å². The Morgan fingerprint density at radius 1 is 0.938 bits per heavy atom. The van der Waals surface area contributed by atoms with Crippen LogP contribution in [0.5, 0.6) is 17.2 Å². The van der Waals surface area contributed by atoms with E-state index in [0.29, 0.717) is 36.3 Å². The van der Waals surface area contributed by atoms with E-state index in [4.69, 9.17) is 14.2 Å². The van der Waals surface area contributed by atoms with Crippen molar-refractivity contribution < 1.29 is 14.2 Å². The van der Waals surface area contributed by atoms with Gasteiger partial charge in [-0.15, -0.1) is 24.0 Å². The third-order valence-electron chi connectivity index (χ3n) is 4.82. The summed E-state index contributed by atoms with van der Waals surface area (Å²) in [6.45, 7) is 1.86. The van der Waals surface area contributed by atoms with E-state index < -0.39 is 0 Å². The first-order chi connectivity index (χ1) is 15.2. The smallest absolute Gasteiger partial charge is 0.203 e. The zero-order valence-corrected chi connectivity index (χ0v) is 21.1. The van der Waals surface area contributed by atoms with Gasteiger partial charge in [0.15, 0.2) is 17.5 Å². The Hall–Kier alpha value is -2.95. The number of hydrogen-bond acceptors (Lipinski definition) is 5. The molecule has 0 radical (unpaired) electrons. The van der Waals surface area contributed by atoms with Crippen molar-refractivity contribution in [3.63, 3.8) is 0 Å². The summed E-state index contributed by atoms with van der Waals surface area (Å²) in [5, 5.41) is 6.62. The number of methoxy groups -OCH3 is 3. The standard InChI is InChI=1S/C23H29N5O3.HI/c1-24-23(26-14-18-12-19(29-2)22(31-4)20(13-18)30-3)27-15-21-25-10-11-28(21)16-17-8-6-5-7-9-17;/h5-13H,14-16H2,1-4H3,(H2,24,26,27);1H. The lowest BCUT2D eigenvalue weighted by atomic mass is 10.2. The van der Waals surface area contributed by atoms with Crippen molar-refractivity contribution in [2.45, 2.75) is 19.6 Å². The third kappa shape index (κ3) is 6.52. The summed E-state index contributed by atoms with van der Waals surface area (Å²) in [4.78, 5) is 8.78. The first kappa shape index (κ1) is 25.3. The second kappa shape index (κ2) is 12.8. The predicted molar refractivity (Wildman–Crippen MR) is 136 cm³/mol. The maximum absolute atomic E-state index is 5.42. The number of benzene rings is 2. The van der Waals surface area contributed by atoms with Crippen molar-refractivity contribution in [2.24, 2.45) is 4.99 Å². The summed E-state index contributed by atoms with van der Waals surface area (Å²) in [6, 6.07) is 14.1. The van der Waals surface area contributed by atoms with Crippen LogP contribution < -0.4 is 24.8 Å². The Kier molecular flexibility index (Phi) is 10.1. The number of ether oxygens (including phenoxy) is 3. The van der Waals surface area contributed by atoms with Crippen molar-refractivity contribution in [2.75, 3.05) is 28.4 Å². The van der Waals surface area contributed by atoms with Gasteiger partial charge in [0.05, 0.1) is 27.9 Å². The van der Waals surface area contributed by atoms with Gasteiger partial charge in [0, 0.05) is 32.5 Å². The van der Waals surface area contributed by atoms with Gasteiger partial charge in [-0.3, -0.25) is 4.99 Å². The molecule has 1 aromatic heterocycles. The Labute approximate surface area is 206 Å². The average Bonchev–Trinajstić information content (AvgIpc) is 3.25. The second-order valence-electron chi connectivity index (χ2n) is 6.77. The Morgan fingerprint density at radius 3 is 2.19 bits per heavy atom. The van der Waals surface area contributed by atoms with Crippen molar-refractivity contribution in [3.8, 4) is 17.2 Å². The highest BCUT2D eigenvalue weighted by atomic mass is 127. The number of guanidine groups is 1. The lowest BCUT2D eigenvalue weighted by Gasteiger charge is -2.16. The summed E-state index contributed by atoms with van der Waals surface area (Å²) in [6.07, 6.45) is 3.79. The number of aliphatic imine (C=N–C) groups is 1. The minimum Gasteiger partial charge on any atom is -0.493 e. The van der Waals surface area contributed by atoms with Gasteiger partial charge >= 0.3 is 0 Å². The molecule has 0 unspecified atom stereocenters. The van der Waals surface area contributed by atoms with E-state index in [1.165, 1.54) is 5.56 Å². The normalized spacial score (nSPS) is 10.8. The molecule has 2 N–H and O–H groups in total. The molecule has 2 aromatic carbocycles. The number of nitrogens with zero attached hydrogens (tertiary/aromatic N) is 3. The summed E-state index contributed by atoms with van der Waals surface area (Å²) >= 11 is 0. The molecule has 0 amide bonds. The number of halogens is 1. The lowest BCUT2D eigenvalue weighted by molar-refractivity contribution is 0.323. The highest BCUT2D eigenvalue weighted by Crippen LogP contribution is 2.38. The first-order valence-corrected chi connectivity index (χ1v) is 9.95. The summed E-state index contributed by atoms with van der Waals surface area (Å²) in [5.74, 6) is 3.40. The van der Waals surface area contributed by atoms with Gasteiger partial charge in [-0.2, -0.15) is 0 Å². The molecule has 0 aliphatic rings. The van der Waals surface area contributed by atoms with E-state index >= 15 is 0 Å². The molecule has 0 saturated heterocycles. The van der Waals surface area contributed by atoms with Gasteiger partial charge < -0.3 is 29.4 Å². The lowest BCUT2D eigenvalue weighted by Crippen LogP contribution is -2.37. The molecule has 32 heavy (non-hydrogen) atoms. The fourth-order valence-corrected chi connectivity index (χ4v) is 3.24. The van der Waals surface area contributed by atoms with E-state index in [-0.39, 0.29) is 24.0 Å². The van der Waals surface area contributed by atoms with Gasteiger partial charge in [-0.25, -0.2) is 4.98 Å². The third-order valence-corrected chi connectivity index (χ3v) is 4.82. The van der Waals surface area contributed by atoms with Crippen LogP contribution in [0.1, 0.15) is 17.0 Å². The second-order valence-corrected chi connectivity index (χ2v) is 6.77. The molecule has 0 bridgehead atoms. The van der Waals surface area contributed by atoms with Crippen molar-refractivity contribution in [3.05, 3.63) is 71.8 Å². The minimum atomic E-state index is 0. The van der Waals surface area contributed by atoms with Gasteiger partial charge in [0.25, 0.3) is 0 Å². The Balaban J connectivity index is 0.00000363. The maximum Gasteiger partial charge on any atom is 0.203 e. The summed E-state index contributed by atoms with van der Waals surface area (Å²) < 4.78 is 18.3. The SMILES string of the molecule is CN=C(NCc1cc(OC)c(OC)c(OC)c1)NCc1nccn1Cc1ccccc1.I. The number of aromatic nitrogens is 2. The predicted octanol–water partition coefficient (Wildman–Crippen LogP) is 3.44. The molecule has 0 aliphatic heterocycles. The van der Waals surface area contributed by atoms with Gasteiger partial charge in [0.1, 0.15) is 5.82 Å². The molecule has 0 atom stereocenters. The quantitative estimate of drug-likeness (QED) is 0.241. The topological polar surface area (TPSA) is 81.9 Å². The minimum absolute atomic E-state index is 0. The fourth-order valence-electron chi connectivity index (χ4n) is 3.24. The zero-order valence-electron chi connectivity index (χ0n) is 18.8. The van der Waals surface area contributed by atoms with Crippen molar-refractivity contribution in [1.82, 2.24) is 20.2 Å². The van der Waals surface area contributed by atoms with Crippen LogP contribution in [-0.4, -0.2) is 43.9 Å². The molecule has 0 spiro atoms. The molecule has 0 aliphatic carbocycles. The Bertz CT molecular complexity index is 983. The van der Waals surface area contributed by atoms with Gasteiger partial charge in [-0.05, 0) is 23.3 Å². The monoisotopic (exact) mass is 551 g/mol. The molecular formula is C23H30IN5O3. The first-order valence-electron chi connectivity index (χ1n) is 9.95. The van der Waals surface area contributed by atoms with Crippen LogP contribution in [0.25, 0.3) is 0 Å². The molecule has 9 heteroatoms. The summed E-state index contributed by atoms with van der Waals surface area (Å²) in [5.41, 5.74) is 2.20. The Morgan fingerprint density at radius 2 is 1.59 bits per heavy atom. The van der Waals surface area contributed by atoms with E-state index in [9.17, 15) is 0 Å². The maximum atomic E-state index is 5.42. The largest absolute Gasteiger partial charge is 0.493 e. The molecule has 0 saturated carbocycles. The van der Waals surface area contributed by atoms with Gasteiger partial charge in [0.2, 0.25) is 5.75 Å². The zero-order chi connectivity index (χ0) is 22.1. The van der Waals surface area contributed by atoms with E-state index in [0.717, 1.165) is 17.9 Å². The highest BCUT2D eigenvalue weighted by molar-refractivity contribution is 14.0. The molecule has 1 heterocycles. The van der Waals surface area contributed by atoms with Crippen LogP contribution in [-0.2, 0) is 19.6 Å². The van der Waals surface area contributed by atoms with E-state index in [1.54, 1.807) is 28.4 Å². The van der Waals surface area contributed by atoms with E-state index in [1.807, 2.05) is 42.7 Å². The molecule has 172 valence electrons. The molecule has 8 nitrogen and oxygen atoms in total. The van der Waals surface area contributed by atoms with Gasteiger partial charge in [-0.1, -0.05) is 30.3 Å². The van der Waals surface area contributed by atoms with Crippen LogP contribution in [0, 0.1) is 0 Å². The highest BCUT2D eigenvalue weighted by Gasteiger charge is 2.13. The summed E-state index contributed by atoms with van der Waals surface area (Å²) in [7, 11) is 6.53. The van der Waals surface area contributed by atoms with Crippen molar-refractivity contribution >= 4 is 29.9 Å². The van der Waals surface area contributed by atoms with Crippen LogP contribution >= 0.6 is 24.0 Å². The number of rotatable bonds is 9. The fraction of sp³-hybridized carbons (Fsp3) is 0.304. The van der Waals surface area contributed by atoms with Crippen LogP contribution in [0.4, 0.5) is 0 Å². The number of nitrogens with one attached hydrogen (secondary N) is 2. The average molecular weight is 551 g/mol. The molecular weight excluding hydrogens is 521 g/mol. The molecule has 3 aromatic rings. The van der Waals surface area contributed by atoms with Crippen LogP contribution in [0.15, 0.2) is 59.9 Å². The number of hydrogen-bond donors (Lipinski definition) is 2. The van der Waals surface area contributed by atoms with Crippen LogP contribution in [0.2, 0.25) is 0 Å². The molecule has 0 fully saturated rings. The van der Waals surface area contributed by atoms with Crippen LogP contribution in [0.3, 0.4) is 0 Å². The molecule has 3 rings (SSSR count). The van der Waals surface area contributed by atoms with E-state index in [2.05, 4.69) is 37.3 Å². The number of imidazole rings is 1.